The lowest BCUT2D eigenvalue weighted by Crippen LogP contribution is -2.61. The van der Waals surface area contributed by atoms with Crippen LogP contribution in [0.25, 0.3) is 0 Å². The van der Waals surface area contributed by atoms with Gasteiger partial charge in [-0.3, -0.25) is 24.0 Å². The number of hydrogen-bond acceptors (Lipinski definition) is 11. The topological polar surface area (TPSA) is 267 Å². The lowest BCUT2D eigenvalue weighted by molar-refractivity contribution is -0.154. The number of fused-ring (bicyclic) bond motifs is 1. The fraction of sp³-hybridized carbons (Fsp3) is 0.385. The van der Waals surface area contributed by atoms with Gasteiger partial charge in [-0.25, -0.2) is 9.93 Å². The largest absolute Gasteiger partial charge is 0.547 e. The molecule has 0 radical (unpaired) electrons. The number of nitrogens with zero attached hydrogens (tertiary/aromatic N) is 2. The van der Waals surface area contributed by atoms with E-state index in [1.807, 2.05) is 0 Å². The van der Waals surface area contributed by atoms with Crippen LogP contribution in [-0.2, 0) is 31.0 Å². The van der Waals surface area contributed by atoms with Crippen LogP contribution in [0.4, 0.5) is 10.5 Å². The van der Waals surface area contributed by atoms with Crippen LogP contribution >= 0.6 is 0 Å². The van der Waals surface area contributed by atoms with Gasteiger partial charge in [0.15, 0.2) is 6.29 Å². The van der Waals surface area contributed by atoms with Crippen molar-refractivity contribution >= 4 is 46.8 Å². The Morgan fingerprint density at radius 1 is 1.11 bits per heavy atom. The minimum Gasteiger partial charge on any atom is -0.534 e. The van der Waals surface area contributed by atoms with Crippen LogP contribution in [0.3, 0.4) is 0 Å². The summed E-state index contributed by atoms with van der Waals surface area (Å²) in [5.74, 6) is -3.95. The lowest BCUT2D eigenvalue weighted by atomic mass is 9.72. The first-order valence-corrected chi connectivity index (χ1v) is 15.4. The number of amides is 5. The number of aliphatic hydroxyl groups excluding tert-OH is 1. The van der Waals surface area contributed by atoms with Gasteiger partial charge in [-0.1, -0.05) is 30.3 Å². The summed E-state index contributed by atoms with van der Waals surface area (Å²) >= 11 is 0. The minimum atomic E-state index is -4.20. The molecule has 3 aliphatic rings. The van der Waals surface area contributed by atoms with Crippen molar-refractivity contribution in [2.24, 2.45) is 10.9 Å². The summed E-state index contributed by atoms with van der Waals surface area (Å²) in [6, 6.07) is 7.26. The van der Waals surface area contributed by atoms with Crippen LogP contribution < -0.4 is 30.9 Å². The van der Waals surface area contributed by atoms with Crippen LogP contribution in [0.15, 0.2) is 42.5 Å². The van der Waals surface area contributed by atoms with Gasteiger partial charge in [-0.05, 0) is 42.5 Å². The van der Waals surface area contributed by atoms with Gasteiger partial charge in [-0.15, -0.1) is 0 Å². The Morgan fingerprint density at radius 2 is 1.82 bits per heavy atom. The zero-order chi connectivity index (χ0) is 32.7. The number of para-hydroxylation sites is 1. The number of rotatable bonds is 9. The van der Waals surface area contributed by atoms with Gasteiger partial charge in [0.2, 0.25) is 5.91 Å². The van der Waals surface area contributed by atoms with Crippen LogP contribution in [0.5, 0.6) is 5.75 Å². The molecule has 2 aliphatic heterocycles. The zero-order valence-corrected chi connectivity index (χ0v) is 24.6. The number of benzene rings is 2. The third-order valence-electron chi connectivity index (χ3n) is 7.72. The van der Waals surface area contributed by atoms with E-state index in [9.17, 15) is 42.8 Å². The molecule has 1 saturated heterocycles. The summed E-state index contributed by atoms with van der Waals surface area (Å²) in [5, 5.41) is 40.0. The van der Waals surface area contributed by atoms with E-state index < -0.39 is 64.9 Å². The van der Waals surface area contributed by atoms with E-state index in [0.29, 0.717) is 23.3 Å². The molecule has 17 nitrogen and oxygen atoms in total. The molecule has 19 heteroatoms. The van der Waals surface area contributed by atoms with Crippen LogP contribution in [-0.4, -0.2) is 95.4 Å². The van der Waals surface area contributed by atoms with Gasteiger partial charge in [0.1, 0.15) is 11.8 Å². The summed E-state index contributed by atoms with van der Waals surface area (Å²) in [7, 11) is -5.84. The Morgan fingerprint density at radius 3 is 2.49 bits per heavy atom. The quantitative estimate of drug-likeness (QED) is 0.0792. The predicted molar refractivity (Wildman–Crippen MR) is 157 cm³/mol. The number of carbonyl (C=O) groups is 4. The Bertz CT molecular complexity index is 1640. The molecule has 10 N–H and O–H groups in total. The maximum absolute atomic E-state index is 13.7. The van der Waals surface area contributed by atoms with E-state index in [4.69, 9.17) is 15.5 Å². The molecule has 2 fully saturated rings. The van der Waals surface area contributed by atoms with Gasteiger partial charge in [0.05, 0.1) is 11.6 Å². The second-order valence-corrected chi connectivity index (χ2v) is 12.5. The second-order valence-electron chi connectivity index (χ2n) is 11.2. The highest BCUT2D eigenvalue weighted by molar-refractivity contribution is 7.90. The molecule has 2 aromatic rings. The average Bonchev–Trinajstić information content (AvgIpc) is 3.69. The van der Waals surface area contributed by atoms with Gasteiger partial charge in [0.25, 0.3) is 10.2 Å². The molecule has 2 aromatic carbocycles. The van der Waals surface area contributed by atoms with Gasteiger partial charge >= 0.3 is 25.0 Å². The fourth-order valence-corrected chi connectivity index (χ4v) is 5.66. The Labute approximate surface area is 257 Å². The van der Waals surface area contributed by atoms with Crippen molar-refractivity contribution in [3.05, 3.63) is 59.2 Å². The minimum absolute atomic E-state index is 0.00589. The molecule has 0 aromatic heterocycles. The number of imide groups is 1. The SMILES string of the molecule is NC1(CN2CCN(C(=O)NC(C(=O)N[C@H]3Cc4cccc(C(O)O)c4OB3O)c3cccc(NS(N)(=O)=O)c3)C(=O)C2=O)CC1. The van der Waals surface area contributed by atoms with Crippen LogP contribution in [0.1, 0.15) is 41.9 Å². The number of nitrogens with one attached hydrogen (secondary N) is 3. The number of carbonyl (C=O) groups excluding carboxylic acids is 4. The highest BCUT2D eigenvalue weighted by Crippen LogP contribution is 2.34. The Hall–Kier alpha value is -4.27. The molecule has 240 valence electrons. The molecule has 1 aliphatic carbocycles. The summed E-state index contributed by atoms with van der Waals surface area (Å²) in [6.07, 6.45) is -0.462. The first-order chi connectivity index (χ1) is 21.1. The first kappa shape index (κ1) is 32.1. The lowest BCUT2D eigenvalue weighted by Gasteiger charge is -2.35. The smallest absolute Gasteiger partial charge is 0.534 e. The molecule has 1 saturated carbocycles. The van der Waals surface area contributed by atoms with E-state index in [1.54, 1.807) is 6.07 Å². The molecule has 2 atom stereocenters. The third kappa shape index (κ3) is 7.35. The Kier molecular flexibility index (Phi) is 8.76. The number of nitrogens with two attached hydrogens (primary N) is 2. The summed E-state index contributed by atoms with van der Waals surface area (Å²) in [5.41, 5.74) is 6.02. The van der Waals surface area contributed by atoms with Crippen LogP contribution in [0, 0.1) is 0 Å². The number of aliphatic hydroxyl groups is 2. The number of hydrogen-bond donors (Lipinski definition) is 8. The second kappa shape index (κ2) is 12.3. The van der Waals surface area contributed by atoms with Crippen molar-refractivity contribution in [1.82, 2.24) is 20.4 Å². The van der Waals surface area contributed by atoms with E-state index in [0.717, 1.165) is 0 Å². The maximum Gasteiger partial charge on any atom is 0.547 e. The van der Waals surface area contributed by atoms with Gasteiger partial charge < -0.3 is 41.2 Å². The molecular formula is C26H32BN7O10S. The average molecular weight is 645 g/mol. The molecule has 45 heavy (non-hydrogen) atoms. The van der Waals surface area contributed by atoms with Gasteiger partial charge in [-0.2, -0.15) is 8.42 Å². The van der Waals surface area contributed by atoms with Crippen molar-refractivity contribution in [3.63, 3.8) is 0 Å². The van der Waals surface area contributed by atoms with Crippen molar-refractivity contribution in [1.29, 1.82) is 0 Å². The zero-order valence-electron chi connectivity index (χ0n) is 23.8. The van der Waals surface area contributed by atoms with E-state index in [-0.39, 0.29) is 48.6 Å². The number of urea groups is 1. The molecule has 5 amide bonds. The molecule has 5 rings (SSSR count). The predicted octanol–water partition coefficient (Wildman–Crippen LogP) is -2.66. The fourth-order valence-electron chi connectivity index (χ4n) is 5.21. The standard InChI is InChI=1S/C26H32BN7O10S/c28-26(7-8-26)13-33-9-10-34(23(37)22(33)36)25(40)31-19(14-3-1-5-16(11-14)32-45(29,42)43)21(35)30-18-12-15-4-2-6-17(24(38)39)20(15)44-27(18)41/h1-6,11,18-19,24,32,38-39,41H,7-10,12-13,28H2,(H,30,35)(H,31,40)(H2,29,42,43)/t18-,19?/m0/s1. The van der Waals surface area contributed by atoms with E-state index in [1.165, 1.54) is 41.3 Å². The van der Waals surface area contributed by atoms with Gasteiger partial charge in [0, 0.05) is 30.7 Å². The highest BCUT2D eigenvalue weighted by atomic mass is 32.2. The molecule has 2 heterocycles. The Balaban J connectivity index is 1.37. The number of piperazine rings is 1. The number of anilines is 1. The molecular weight excluding hydrogens is 613 g/mol. The monoisotopic (exact) mass is 645 g/mol. The van der Waals surface area contributed by atoms with E-state index >= 15 is 0 Å². The molecule has 0 bridgehead atoms. The maximum atomic E-state index is 13.7. The van der Waals surface area contributed by atoms with E-state index in [2.05, 4.69) is 15.4 Å². The summed E-state index contributed by atoms with van der Waals surface area (Å²) in [4.78, 5) is 54.6. The van der Waals surface area contributed by atoms with Crippen molar-refractivity contribution < 1.29 is 47.5 Å². The normalized spacial score (nSPS) is 19.9. The molecule has 0 spiro atoms. The first-order valence-electron chi connectivity index (χ1n) is 13.9. The highest BCUT2D eigenvalue weighted by Gasteiger charge is 2.45. The molecule has 1 unspecified atom stereocenters. The summed E-state index contributed by atoms with van der Waals surface area (Å²) < 4.78 is 30.8. The third-order valence-corrected chi connectivity index (χ3v) is 8.24. The van der Waals surface area contributed by atoms with Crippen molar-refractivity contribution in [2.75, 3.05) is 24.4 Å². The van der Waals surface area contributed by atoms with Crippen molar-refractivity contribution in [3.8, 4) is 5.75 Å². The van der Waals surface area contributed by atoms with Crippen LogP contribution in [0.2, 0.25) is 0 Å². The van der Waals surface area contributed by atoms with Crippen molar-refractivity contribution in [2.45, 2.75) is 43.1 Å². The summed E-state index contributed by atoms with van der Waals surface area (Å²) in [6.45, 7) is 0.0472.